The topological polar surface area (TPSA) is 137 Å². The molecule has 2 unspecified atom stereocenters. The number of anilines is 2. The van der Waals surface area contributed by atoms with Gasteiger partial charge >= 0.3 is 11.8 Å². The van der Waals surface area contributed by atoms with Crippen molar-refractivity contribution in [3.8, 4) is 0 Å². The second kappa shape index (κ2) is 8.12. The molecular weight excluding hydrogens is 434 g/mol. The molecule has 10 nitrogen and oxygen atoms in total. The summed E-state index contributed by atoms with van der Waals surface area (Å²) in [7, 11) is 0. The number of H-pyrrole nitrogens is 1. The molecule has 5 rings (SSSR count). The third-order valence-corrected chi connectivity index (χ3v) is 6.92. The molecule has 1 aliphatic carbocycles. The van der Waals surface area contributed by atoms with Crippen LogP contribution in [0.2, 0.25) is 0 Å². The summed E-state index contributed by atoms with van der Waals surface area (Å²) in [6.07, 6.45) is 4.67. The number of pyridine rings is 1. The molecule has 1 aromatic carbocycles. The van der Waals surface area contributed by atoms with E-state index in [0.29, 0.717) is 23.1 Å². The van der Waals surface area contributed by atoms with Gasteiger partial charge in [0, 0.05) is 24.5 Å². The summed E-state index contributed by atoms with van der Waals surface area (Å²) < 4.78 is 0. The van der Waals surface area contributed by atoms with Crippen molar-refractivity contribution in [3.63, 3.8) is 0 Å². The van der Waals surface area contributed by atoms with E-state index in [1.54, 1.807) is 4.90 Å². The van der Waals surface area contributed by atoms with Gasteiger partial charge in [-0.2, -0.15) is 5.10 Å². The fourth-order valence-electron chi connectivity index (χ4n) is 4.55. The van der Waals surface area contributed by atoms with E-state index in [2.05, 4.69) is 20.5 Å². The van der Waals surface area contributed by atoms with Crippen LogP contribution in [0.5, 0.6) is 0 Å². The van der Waals surface area contributed by atoms with Gasteiger partial charge in [-0.1, -0.05) is 37.3 Å². The van der Waals surface area contributed by atoms with Gasteiger partial charge in [0.2, 0.25) is 5.91 Å². The van der Waals surface area contributed by atoms with E-state index in [-0.39, 0.29) is 29.7 Å². The van der Waals surface area contributed by atoms with Gasteiger partial charge in [-0.25, -0.2) is 4.98 Å². The van der Waals surface area contributed by atoms with Crippen molar-refractivity contribution in [2.24, 2.45) is 5.41 Å². The number of nitrogens with two attached hydrogens (primary N) is 1. The molecule has 176 valence electrons. The fraction of sp³-hybridized carbons (Fsp3) is 0.375. The largest absolute Gasteiger partial charge is 0.383 e. The van der Waals surface area contributed by atoms with Crippen LogP contribution in [0.4, 0.5) is 11.5 Å². The molecule has 2 atom stereocenters. The number of hydrogen-bond donors (Lipinski definition) is 3. The molecule has 3 aromatic rings. The standard InChI is InChI=1S/C24H27N7O3/c1-14-12-31(22(33)21(32)28-17-11-26-20(25)16-10-27-29-19(16)17)18(15-6-4-3-5-7-15)13-30(14)23(34)24(2)8-9-24/h3-7,10-11,14,18H,8-9,12-13H2,1-2H3,(H2,25,26)(H,27,29)(H,28,32). The minimum atomic E-state index is -0.787. The zero-order valence-electron chi connectivity index (χ0n) is 19.1. The van der Waals surface area contributed by atoms with Crippen molar-refractivity contribution in [2.45, 2.75) is 38.8 Å². The first-order chi connectivity index (χ1) is 16.3. The molecule has 2 aliphatic rings. The van der Waals surface area contributed by atoms with Gasteiger partial charge in [0.25, 0.3) is 0 Å². The molecule has 1 saturated carbocycles. The summed E-state index contributed by atoms with van der Waals surface area (Å²) in [5.41, 5.74) is 7.24. The van der Waals surface area contributed by atoms with E-state index in [1.807, 2.05) is 49.1 Å². The number of nitrogens with one attached hydrogen (secondary N) is 2. The molecule has 0 bridgehead atoms. The number of benzene rings is 1. The Morgan fingerprint density at radius 2 is 1.85 bits per heavy atom. The average molecular weight is 462 g/mol. The minimum Gasteiger partial charge on any atom is -0.383 e. The number of fused-ring (bicyclic) bond motifs is 1. The van der Waals surface area contributed by atoms with Crippen molar-refractivity contribution in [3.05, 3.63) is 48.3 Å². The Hall–Kier alpha value is -3.95. The van der Waals surface area contributed by atoms with E-state index in [9.17, 15) is 14.4 Å². The molecular formula is C24H27N7O3. The number of aromatic nitrogens is 3. The van der Waals surface area contributed by atoms with Crippen LogP contribution in [0.3, 0.4) is 0 Å². The highest BCUT2D eigenvalue weighted by Crippen LogP contribution is 2.47. The number of aromatic amines is 1. The van der Waals surface area contributed by atoms with E-state index >= 15 is 0 Å². The maximum absolute atomic E-state index is 13.4. The molecule has 10 heteroatoms. The number of hydrogen-bond acceptors (Lipinski definition) is 6. The zero-order chi connectivity index (χ0) is 24.0. The van der Waals surface area contributed by atoms with E-state index in [0.717, 1.165) is 18.4 Å². The SMILES string of the molecule is CC1CN(C(=O)C(=O)Nc2cnc(N)c3cn[nH]c23)C(c2ccccc2)CN1C(=O)C1(C)CC1. The number of rotatable bonds is 3. The Bertz CT molecular complexity index is 1270. The molecule has 0 radical (unpaired) electrons. The molecule has 1 saturated heterocycles. The zero-order valence-corrected chi connectivity index (χ0v) is 19.1. The minimum absolute atomic E-state index is 0.118. The molecule has 1 aliphatic heterocycles. The number of amides is 3. The van der Waals surface area contributed by atoms with Crippen LogP contribution in [0.15, 0.2) is 42.7 Å². The third kappa shape index (κ3) is 3.74. The second-order valence-electron chi connectivity index (χ2n) is 9.42. The lowest BCUT2D eigenvalue weighted by atomic mass is 9.97. The molecule has 2 aromatic heterocycles. The van der Waals surface area contributed by atoms with Gasteiger partial charge in [-0.3, -0.25) is 19.5 Å². The van der Waals surface area contributed by atoms with Crippen LogP contribution < -0.4 is 11.1 Å². The Labute approximate surface area is 196 Å². The smallest absolute Gasteiger partial charge is 0.314 e. The monoisotopic (exact) mass is 461 g/mol. The fourth-order valence-corrected chi connectivity index (χ4v) is 4.55. The van der Waals surface area contributed by atoms with E-state index in [1.165, 1.54) is 12.4 Å². The summed E-state index contributed by atoms with van der Waals surface area (Å²) >= 11 is 0. The summed E-state index contributed by atoms with van der Waals surface area (Å²) in [5.74, 6) is -1.07. The first kappa shape index (κ1) is 21.9. The Kier molecular flexibility index (Phi) is 5.22. The van der Waals surface area contributed by atoms with Gasteiger partial charge in [-0.05, 0) is 25.3 Å². The molecule has 2 fully saturated rings. The third-order valence-electron chi connectivity index (χ3n) is 6.92. The lowest BCUT2D eigenvalue weighted by Gasteiger charge is -2.46. The van der Waals surface area contributed by atoms with Gasteiger partial charge in [-0.15, -0.1) is 0 Å². The van der Waals surface area contributed by atoms with Gasteiger partial charge < -0.3 is 20.9 Å². The van der Waals surface area contributed by atoms with Gasteiger partial charge in [0.15, 0.2) is 0 Å². The van der Waals surface area contributed by atoms with E-state index < -0.39 is 17.9 Å². The predicted octanol–water partition coefficient (Wildman–Crippen LogP) is 2.08. The lowest BCUT2D eigenvalue weighted by molar-refractivity contribution is -0.153. The molecule has 3 heterocycles. The first-order valence-corrected chi connectivity index (χ1v) is 11.3. The van der Waals surface area contributed by atoms with Crippen LogP contribution in [-0.2, 0) is 14.4 Å². The van der Waals surface area contributed by atoms with Crippen molar-refractivity contribution in [1.29, 1.82) is 0 Å². The second-order valence-corrected chi connectivity index (χ2v) is 9.42. The summed E-state index contributed by atoms with van der Waals surface area (Å²) in [6, 6.07) is 8.86. The number of carbonyl (C=O) groups is 3. The predicted molar refractivity (Wildman–Crippen MR) is 126 cm³/mol. The molecule has 4 N–H and O–H groups in total. The molecule has 0 spiro atoms. The van der Waals surface area contributed by atoms with Crippen LogP contribution >= 0.6 is 0 Å². The highest BCUT2D eigenvalue weighted by molar-refractivity contribution is 6.40. The number of nitrogen functional groups attached to an aromatic ring is 1. The quantitative estimate of drug-likeness (QED) is 0.511. The average Bonchev–Trinajstić information content (AvgIpc) is 3.39. The van der Waals surface area contributed by atoms with Gasteiger partial charge in [0.05, 0.1) is 35.0 Å². The van der Waals surface area contributed by atoms with Crippen LogP contribution in [0, 0.1) is 5.41 Å². The maximum Gasteiger partial charge on any atom is 0.314 e. The normalized spacial score (nSPS) is 21.4. The summed E-state index contributed by atoms with van der Waals surface area (Å²) in [4.78, 5) is 47.1. The maximum atomic E-state index is 13.4. The molecule has 3 amide bonds. The Morgan fingerprint density at radius 1 is 1.12 bits per heavy atom. The highest BCUT2D eigenvalue weighted by Gasteiger charge is 2.50. The Balaban J connectivity index is 1.41. The summed E-state index contributed by atoms with van der Waals surface area (Å²) in [6.45, 7) is 4.50. The summed E-state index contributed by atoms with van der Waals surface area (Å²) in [5, 5.41) is 9.93. The van der Waals surface area contributed by atoms with Crippen LogP contribution in [-0.4, -0.2) is 61.8 Å². The van der Waals surface area contributed by atoms with Crippen molar-refractivity contribution < 1.29 is 14.4 Å². The lowest BCUT2D eigenvalue weighted by Crippen LogP contribution is -2.59. The Morgan fingerprint density at radius 3 is 2.56 bits per heavy atom. The van der Waals surface area contributed by atoms with Crippen molar-refractivity contribution in [2.75, 3.05) is 24.1 Å². The van der Waals surface area contributed by atoms with Crippen molar-refractivity contribution >= 4 is 40.1 Å². The number of piperazine rings is 1. The number of carbonyl (C=O) groups excluding carboxylic acids is 3. The molecule has 34 heavy (non-hydrogen) atoms. The van der Waals surface area contributed by atoms with Crippen LogP contribution in [0.1, 0.15) is 38.3 Å². The van der Waals surface area contributed by atoms with E-state index in [4.69, 9.17) is 5.73 Å². The highest BCUT2D eigenvalue weighted by atomic mass is 16.2. The first-order valence-electron chi connectivity index (χ1n) is 11.3. The van der Waals surface area contributed by atoms with Crippen molar-refractivity contribution in [1.82, 2.24) is 25.0 Å². The van der Waals surface area contributed by atoms with Gasteiger partial charge in [0.1, 0.15) is 5.82 Å². The van der Waals surface area contributed by atoms with Crippen LogP contribution in [0.25, 0.3) is 10.9 Å². The number of nitrogens with zero attached hydrogens (tertiary/aromatic N) is 4.